The molecule has 3 aromatic rings. The predicted molar refractivity (Wildman–Crippen MR) is 186 cm³/mol. The number of carbonyl (C=O) groups excluding carboxylic acids is 3. The SMILES string of the molecule is Nc1cccc(C(=O)N2CCN3CCC[C@@H]3C2)c1O.O=C(Nc1cccc(C(=O)N2CCN3CCC[C@@H]3C2)c1O)Nc1cccc(F)c1Cl. The van der Waals surface area contributed by atoms with E-state index >= 15 is 0 Å². The van der Waals surface area contributed by atoms with Crippen LogP contribution in [0.15, 0.2) is 54.6 Å². The summed E-state index contributed by atoms with van der Waals surface area (Å²) in [5.74, 6) is -1.45. The van der Waals surface area contributed by atoms with Crippen LogP contribution in [0.5, 0.6) is 11.5 Å². The molecule has 12 nitrogen and oxygen atoms in total. The average molecular weight is 694 g/mol. The van der Waals surface area contributed by atoms with E-state index in [1.807, 2.05) is 4.90 Å². The Labute approximate surface area is 289 Å². The Kier molecular flexibility index (Phi) is 10.4. The number of urea groups is 1. The Balaban J connectivity index is 0.000000188. The van der Waals surface area contributed by atoms with E-state index in [0.29, 0.717) is 30.7 Å². The second kappa shape index (κ2) is 14.9. The third-order valence-electron chi connectivity index (χ3n) is 9.76. The number of piperazine rings is 2. The van der Waals surface area contributed by atoms with E-state index in [1.165, 1.54) is 36.8 Å². The van der Waals surface area contributed by atoms with E-state index < -0.39 is 11.8 Å². The molecule has 49 heavy (non-hydrogen) atoms. The highest BCUT2D eigenvalue weighted by Crippen LogP contribution is 2.32. The highest BCUT2D eigenvalue weighted by molar-refractivity contribution is 6.34. The van der Waals surface area contributed by atoms with Gasteiger partial charge >= 0.3 is 6.03 Å². The highest BCUT2D eigenvalue weighted by atomic mass is 35.5. The number of phenolic OH excluding ortho intramolecular Hbond substituents is 2. The van der Waals surface area contributed by atoms with Gasteiger partial charge in [-0.15, -0.1) is 0 Å². The van der Waals surface area contributed by atoms with Gasteiger partial charge in [0.1, 0.15) is 5.82 Å². The van der Waals surface area contributed by atoms with Gasteiger partial charge < -0.3 is 36.4 Å². The highest BCUT2D eigenvalue weighted by Gasteiger charge is 2.35. The van der Waals surface area contributed by atoms with Gasteiger partial charge in [-0.3, -0.25) is 19.4 Å². The standard InChI is InChI=1S/C21H22ClFN4O3.C14H19N3O2/c22-18-15(23)6-2-7-16(18)24-21(30)25-17-8-1-5-14(19(17)28)20(29)27-11-10-26-9-3-4-13(26)12-27;15-12-5-1-4-11(13(12)18)14(19)17-8-7-16-6-2-3-10(16)9-17/h1-2,5-8,13,28H,3-4,9-12H2,(H2,24,25,30);1,4-5,10,18H,2-3,6-9,15H2/t13-;10-/m11/s1. The summed E-state index contributed by atoms with van der Waals surface area (Å²) in [6.07, 6.45) is 4.59. The van der Waals surface area contributed by atoms with E-state index in [1.54, 1.807) is 29.2 Å². The molecule has 14 heteroatoms. The lowest BCUT2D eigenvalue weighted by Crippen LogP contribution is -2.52. The summed E-state index contributed by atoms with van der Waals surface area (Å²) in [5.41, 5.74) is 6.51. The van der Waals surface area contributed by atoms with E-state index in [4.69, 9.17) is 17.3 Å². The first kappa shape index (κ1) is 34.3. The Morgan fingerprint density at radius 3 is 1.84 bits per heavy atom. The molecule has 2 atom stereocenters. The Bertz CT molecular complexity index is 1730. The summed E-state index contributed by atoms with van der Waals surface area (Å²) in [4.78, 5) is 46.1. The molecule has 0 unspecified atom stereocenters. The number of benzene rings is 3. The van der Waals surface area contributed by atoms with E-state index in [2.05, 4.69) is 20.4 Å². The second-order valence-corrected chi connectivity index (χ2v) is 13.2. The topological polar surface area (TPSA) is 155 Å². The molecule has 0 bridgehead atoms. The Morgan fingerprint density at radius 2 is 1.22 bits per heavy atom. The fourth-order valence-corrected chi connectivity index (χ4v) is 7.29. The number of rotatable bonds is 4. The van der Waals surface area contributed by atoms with Gasteiger partial charge in [0.2, 0.25) is 0 Å². The van der Waals surface area contributed by atoms with E-state index in [-0.39, 0.29) is 51.0 Å². The molecule has 4 amide bonds. The zero-order valence-electron chi connectivity index (χ0n) is 27.1. The van der Waals surface area contributed by atoms with Crippen LogP contribution in [0.1, 0.15) is 46.4 Å². The number of nitrogens with one attached hydrogen (secondary N) is 2. The molecule has 4 saturated heterocycles. The number of aromatic hydroxyl groups is 2. The van der Waals surface area contributed by atoms with Crippen LogP contribution in [-0.2, 0) is 0 Å². The van der Waals surface area contributed by atoms with Gasteiger partial charge in [0.25, 0.3) is 11.8 Å². The number of fused-ring (bicyclic) bond motifs is 2. The third-order valence-corrected chi connectivity index (χ3v) is 10.1. The molecule has 4 heterocycles. The summed E-state index contributed by atoms with van der Waals surface area (Å²) in [5, 5.41) is 25.2. The first-order valence-electron chi connectivity index (χ1n) is 16.6. The summed E-state index contributed by atoms with van der Waals surface area (Å²) in [6, 6.07) is 13.7. The van der Waals surface area contributed by atoms with Gasteiger partial charge in [0, 0.05) is 51.4 Å². The molecule has 0 saturated carbocycles. The minimum atomic E-state index is -0.720. The van der Waals surface area contributed by atoms with E-state index in [9.17, 15) is 29.0 Å². The molecule has 0 spiro atoms. The maximum atomic E-state index is 13.5. The van der Waals surface area contributed by atoms with Crippen LogP contribution in [0, 0.1) is 5.82 Å². The third kappa shape index (κ3) is 7.53. The molecular formula is C35H41ClFN7O5. The molecule has 7 rings (SSSR count). The van der Waals surface area contributed by atoms with Crippen LogP contribution < -0.4 is 16.4 Å². The van der Waals surface area contributed by atoms with Crippen LogP contribution in [0.4, 0.5) is 26.2 Å². The number of carbonyl (C=O) groups is 3. The normalized spacial score (nSPS) is 20.5. The summed E-state index contributed by atoms with van der Waals surface area (Å²) in [7, 11) is 0. The van der Waals surface area contributed by atoms with Crippen molar-refractivity contribution in [1.29, 1.82) is 0 Å². The molecule has 4 fully saturated rings. The molecule has 4 aliphatic rings. The minimum Gasteiger partial charge on any atom is -0.505 e. The summed E-state index contributed by atoms with van der Waals surface area (Å²) >= 11 is 5.84. The van der Waals surface area contributed by atoms with Crippen LogP contribution in [0.3, 0.4) is 0 Å². The van der Waals surface area contributed by atoms with E-state index in [0.717, 1.165) is 58.5 Å². The lowest BCUT2D eigenvalue weighted by atomic mass is 10.1. The van der Waals surface area contributed by atoms with Crippen molar-refractivity contribution in [1.82, 2.24) is 19.6 Å². The first-order valence-corrected chi connectivity index (χ1v) is 17.0. The van der Waals surface area contributed by atoms with Crippen molar-refractivity contribution >= 4 is 46.5 Å². The summed E-state index contributed by atoms with van der Waals surface area (Å²) in [6.45, 7) is 6.69. The lowest BCUT2D eigenvalue weighted by molar-refractivity contribution is 0.0563. The number of anilines is 3. The number of nitrogen functional groups attached to an aromatic ring is 1. The number of halogens is 2. The number of nitrogens with two attached hydrogens (primary N) is 1. The first-order chi connectivity index (χ1) is 23.6. The molecular weight excluding hydrogens is 653 g/mol. The van der Waals surface area contributed by atoms with Crippen molar-refractivity contribution in [3.8, 4) is 11.5 Å². The zero-order chi connectivity index (χ0) is 34.7. The molecule has 0 aliphatic carbocycles. The maximum Gasteiger partial charge on any atom is 0.323 e. The van der Waals surface area contributed by atoms with Gasteiger partial charge in [-0.25, -0.2) is 9.18 Å². The number of para-hydroxylation sites is 2. The lowest BCUT2D eigenvalue weighted by Gasteiger charge is -2.37. The van der Waals surface area contributed by atoms with Crippen molar-refractivity contribution in [3.05, 3.63) is 76.6 Å². The molecule has 3 aromatic carbocycles. The largest absolute Gasteiger partial charge is 0.505 e. The quantitative estimate of drug-likeness (QED) is 0.196. The van der Waals surface area contributed by atoms with Crippen LogP contribution >= 0.6 is 11.6 Å². The number of nitrogens with zero attached hydrogens (tertiary/aromatic N) is 4. The van der Waals surface area contributed by atoms with Crippen molar-refractivity contribution in [2.45, 2.75) is 37.8 Å². The zero-order valence-corrected chi connectivity index (χ0v) is 27.8. The molecule has 260 valence electrons. The Hall–Kier alpha value is -4.59. The van der Waals surface area contributed by atoms with Gasteiger partial charge in [-0.2, -0.15) is 0 Å². The minimum absolute atomic E-state index is 0.0744. The molecule has 0 radical (unpaired) electrons. The monoisotopic (exact) mass is 693 g/mol. The predicted octanol–water partition coefficient (Wildman–Crippen LogP) is 4.64. The van der Waals surface area contributed by atoms with Gasteiger partial charge in [0.05, 0.1) is 33.2 Å². The summed E-state index contributed by atoms with van der Waals surface area (Å²) < 4.78 is 13.5. The van der Waals surface area contributed by atoms with Crippen molar-refractivity contribution < 1.29 is 29.0 Å². The van der Waals surface area contributed by atoms with Crippen LogP contribution in [-0.4, -0.2) is 112 Å². The molecule has 0 aromatic heterocycles. The van der Waals surface area contributed by atoms with Gasteiger partial charge in [-0.05, 0) is 75.2 Å². The van der Waals surface area contributed by atoms with Crippen molar-refractivity contribution in [2.75, 3.05) is 68.7 Å². The maximum absolute atomic E-state index is 13.5. The van der Waals surface area contributed by atoms with Crippen molar-refractivity contribution in [3.63, 3.8) is 0 Å². The number of hydrogen-bond donors (Lipinski definition) is 5. The van der Waals surface area contributed by atoms with Gasteiger partial charge in [0.15, 0.2) is 11.5 Å². The number of amides is 4. The smallest absolute Gasteiger partial charge is 0.323 e. The van der Waals surface area contributed by atoms with Crippen LogP contribution in [0.2, 0.25) is 5.02 Å². The van der Waals surface area contributed by atoms with Gasteiger partial charge in [-0.1, -0.05) is 29.8 Å². The molecule has 6 N–H and O–H groups in total. The number of hydrogen-bond acceptors (Lipinski definition) is 8. The molecule has 4 aliphatic heterocycles. The fraction of sp³-hybridized carbons (Fsp3) is 0.400. The average Bonchev–Trinajstić information content (AvgIpc) is 3.78. The van der Waals surface area contributed by atoms with Crippen molar-refractivity contribution in [2.24, 2.45) is 0 Å². The fourth-order valence-electron chi connectivity index (χ4n) is 7.12. The Morgan fingerprint density at radius 1 is 0.714 bits per heavy atom. The van der Waals surface area contributed by atoms with Crippen LogP contribution in [0.25, 0.3) is 0 Å². The number of phenols is 2. The second-order valence-electron chi connectivity index (χ2n) is 12.8.